The van der Waals surface area contributed by atoms with Crippen molar-refractivity contribution in [1.82, 2.24) is 20.0 Å². The number of nitrogens with one attached hydrogen (secondary N) is 1. The van der Waals surface area contributed by atoms with Crippen LogP contribution in [0.1, 0.15) is 36.7 Å². The maximum Gasteiger partial charge on any atom is 0.0791 e. The molecule has 1 unspecified atom stereocenters. The molecule has 2 N–H and O–H groups in total. The summed E-state index contributed by atoms with van der Waals surface area (Å²) in [7, 11) is 0. The average molecular weight is 280 g/mol. The van der Waals surface area contributed by atoms with Crippen molar-refractivity contribution in [3.05, 3.63) is 17.0 Å². The van der Waals surface area contributed by atoms with Crippen molar-refractivity contribution < 1.29 is 5.11 Å². The molecule has 0 radical (unpaired) electrons. The average Bonchev–Trinajstić information content (AvgIpc) is 3.01. The zero-order chi connectivity index (χ0) is 14.5. The Bertz CT molecular complexity index is 424. The van der Waals surface area contributed by atoms with Gasteiger partial charge >= 0.3 is 0 Å². The van der Waals surface area contributed by atoms with Gasteiger partial charge < -0.3 is 15.3 Å². The highest BCUT2D eigenvalue weighted by atomic mass is 16.3. The number of aromatic nitrogens is 2. The molecule has 2 rings (SSSR count). The standard InChI is InChI=1S/C15H28N4O/c1-4-19-13(3)15(12(2)17-19)10-16-9-14(20)11-18-7-5-6-8-18/h14,16,20H,4-11H2,1-3H3. The molecule has 1 atom stereocenters. The highest BCUT2D eigenvalue weighted by molar-refractivity contribution is 5.24. The van der Waals surface area contributed by atoms with E-state index in [1.807, 2.05) is 4.68 Å². The molecule has 1 fully saturated rings. The lowest BCUT2D eigenvalue weighted by molar-refractivity contribution is 0.123. The van der Waals surface area contributed by atoms with Crippen LogP contribution in [-0.2, 0) is 13.1 Å². The molecule has 114 valence electrons. The summed E-state index contributed by atoms with van der Waals surface area (Å²) in [5, 5.41) is 17.9. The Hall–Kier alpha value is -0.910. The van der Waals surface area contributed by atoms with E-state index in [-0.39, 0.29) is 6.10 Å². The van der Waals surface area contributed by atoms with E-state index in [0.29, 0.717) is 6.54 Å². The molecule has 20 heavy (non-hydrogen) atoms. The van der Waals surface area contributed by atoms with Crippen LogP contribution >= 0.6 is 0 Å². The Labute approximate surface area is 122 Å². The van der Waals surface area contributed by atoms with Gasteiger partial charge in [0.2, 0.25) is 0 Å². The van der Waals surface area contributed by atoms with Crippen molar-refractivity contribution in [3.8, 4) is 0 Å². The lowest BCUT2D eigenvalue weighted by Crippen LogP contribution is -2.36. The van der Waals surface area contributed by atoms with Crippen LogP contribution in [0.4, 0.5) is 0 Å². The van der Waals surface area contributed by atoms with Crippen LogP contribution in [0.2, 0.25) is 0 Å². The van der Waals surface area contributed by atoms with Crippen LogP contribution in [0.5, 0.6) is 0 Å². The number of hydrogen-bond acceptors (Lipinski definition) is 4. The molecule has 0 bridgehead atoms. The fourth-order valence-electron chi connectivity index (χ4n) is 2.99. The van der Waals surface area contributed by atoms with E-state index >= 15 is 0 Å². The maximum absolute atomic E-state index is 10.1. The van der Waals surface area contributed by atoms with Crippen molar-refractivity contribution in [3.63, 3.8) is 0 Å². The van der Waals surface area contributed by atoms with Crippen molar-refractivity contribution in [2.24, 2.45) is 0 Å². The summed E-state index contributed by atoms with van der Waals surface area (Å²) in [5.41, 5.74) is 3.58. The zero-order valence-corrected chi connectivity index (χ0v) is 13.0. The summed E-state index contributed by atoms with van der Waals surface area (Å²) < 4.78 is 2.03. The minimum absolute atomic E-state index is 0.282. The molecule has 0 aliphatic carbocycles. The molecule has 1 saturated heterocycles. The second kappa shape index (κ2) is 7.20. The van der Waals surface area contributed by atoms with Gasteiger partial charge in [-0.05, 0) is 46.7 Å². The Morgan fingerprint density at radius 1 is 1.30 bits per heavy atom. The van der Waals surface area contributed by atoms with Crippen LogP contribution < -0.4 is 5.32 Å². The van der Waals surface area contributed by atoms with Crippen LogP contribution in [0.3, 0.4) is 0 Å². The Balaban J connectivity index is 1.76. The molecular weight excluding hydrogens is 252 g/mol. The summed E-state index contributed by atoms with van der Waals surface area (Å²) in [4.78, 5) is 2.35. The number of likely N-dealkylation sites (tertiary alicyclic amines) is 1. The largest absolute Gasteiger partial charge is 0.390 e. The highest BCUT2D eigenvalue weighted by Crippen LogP contribution is 2.12. The Kier molecular flexibility index (Phi) is 5.57. The molecule has 0 spiro atoms. The molecule has 1 aromatic heterocycles. The topological polar surface area (TPSA) is 53.3 Å². The quantitative estimate of drug-likeness (QED) is 0.784. The number of β-amino-alcohol motifs (C(OH)–C–C–N with tert-alkyl or cyclic N) is 1. The smallest absolute Gasteiger partial charge is 0.0791 e. The van der Waals surface area contributed by atoms with Gasteiger partial charge in [-0.15, -0.1) is 0 Å². The van der Waals surface area contributed by atoms with Crippen LogP contribution in [0.15, 0.2) is 0 Å². The van der Waals surface area contributed by atoms with Crippen LogP contribution in [0.25, 0.3) is 0 Å². The van der Waals surface area contributed by atoms with Crippen LogP contribution in [0, 0.1) is 13.8 Å². The van der Waals surface area contributed by atoms with Crippen molar-refractivity contribution in [2.75, 3.05) is 26.2 Å². The van der Waals surface area contributed by atoms with Gasteiger partial charge in [-0.25, -0.2) is 0 Å². The summed E-state index contributed by atoms with van der Waals surface area (Å²) in [6.07, 6.45) is 2.26. The Morgan fingerprint density at radius 2 is 2.00 bits per heavy atom. The van der Waals surface area contributed by atoms with Gasteiger partial charge in [0.05, 0.1) is 11.8 Å². The third-order valence-electron chi connectivity index (χ3n) is 4.18. The summed E-state index contributed by atoms with van der Waals surface area (Å²) >= 11 is 0. The van der Waals surface area contributed by atoms with Gasteiger partial charge in [-0.2, -0.15) is 5.10 Å². The van der Waals surface area contributed by atoms with Crippen molar-refractivity contribution in [1.29, 1.82) is 0 Å². The summed E-state index contributed by atoms with van der Waals surface area (Å²) in [6, 6.07) is 0. The number of aliphatic hydroxyl groups is 1. The van der Waals surface area contributed by atoms with E-state index in [0.717, 1.165) is 38.4 Å². The van der Waals surface area contributed by atoms with Crippen molar-refractivity contribution in [2.45, 2.75) is 52.8 Å². The summed E-state index contributed by atoms with van der Waals surface area (Å²) in [6.45, 7) is 11.7. The first kappa shape index (κ1) is 15.5. The highest BCUT2D eigenvalue weighted by Gasteiger charge is 2.16. The van der Waals surface area contributed by atoms with E-state index in [1.54, 1.807) is 0 Å². The number of hydrogen-bond donors (Lipinski definition) is 2. The molecular formula is C15H28N4O. The van der Waals surface area contributed by atoms with Gasteiger partial charge in [0.1, 0.15) is 0 Å². The van der Waals surface area contributed by atoms with Crippen LogP contribution in [-0.4, -0.2) is 52.1 Å². The molecule has 5 heteroatoms. The monoisotopic (exact) mass is 280 g/mol. The molecule has 1 aromatic rings. The SMILES string of the molecule is CCn1nc(C)c(CNCC(O)CN2CCCC2)c1C. The van der Waals surface area contributed by atoms with E-state index in [2.05, 4.69) is 36.1 Å². The third-order valence-corrected chi connectivity index (χ3v) is 4.18. The lowest BCUT2D eigenvalue weighted by Gasteiger charge is -2.19. The number of rotatable bonds is 7. The molecule has 1 aliphatic heterocycles. The molecule has 0 saturated carbocycles. The van der Waals surface area contributed by atoms with Gasteiger partial charge in [-0.1, -0.05) is 0 Å². The number of aliphatic hydroxyl groups excluding tert-OH is 1. The third kappa shape index (κ3) is 3.81. The zero-order valence-electron chi connectivity index (χ0n) is 13.0. The van der Waals surface area contributed by atoms with E-state index < -0.39 is 0 Å². The molecule has 0 aromatic carbocycles. The fraction of sp³-hybridized carbons (Fsp3) is 0.800. The molecule has 2 heterocycles. The first-order chi connectivity index (χ1) is 9.61. The molecule has 1 aliphatic rings. The maximum atomic E-state index is 10.1. The first-order valence-corrected chi connectivity index (χ1v) is 7.75. The Morgan fingerprint density at radius 3 is 2.60 bits per heavy atom. The summed E-state index contributed by atoms with van der Waals surface area (Å²) in [5.74, 6) is 0. The lowest BCUT2D eigenvalue weighted by atomic mass is 10.2. The number of nitrogens with zero attached hydrogens (tertiary/aromatic N) is 3. The fourth-order valence-corrected chi connectivity index (χ4v) is 2.99. The van der Waals surface area contributed by atoms with E-state index in [9.17, 15) is 5.11 Å². The predicted octanol–water partition coefficient (Wildman–Crippen LogP) is 1.07. The van der Waals surface area contributed by atoms with Gasteiger partial charge in [0.25, 0.3) is 0 Å². The second-order valence-electron chi connectivity index (χ2n) is 5.76. The molecule has 0 amide bonds. The minimum atomic E-state index is -0.282. The first-order valence-electron chi connectivity index (χ1n) is 7.75. The van der Waals surface area contributed by atoms with Gasteiger partial charge in [0.15, 0.2) is 0 Å². The van der Waals surface area contributed by atoms with Gasteiger partial charge in [0, 0.05) is 37.4 Å². The minimum Gasteiger partial charge on any atom is -0.390 e. The second-order valence-corrected chi connectivity index (χ2v) is 5.76. The van der Waals surface area contributed by atoms with Gasteiger partial charge in [-0.3, -0.25) is 4.68 Å². The molecule has 5 nitrogen and oxygen atoms in total. The van der Waals surface area contributed by atoms with Crippen molar-refractivity contribution >= 4 is 0 Å². The van der Waals surface area contributed by atoms with E-state index in [1.165, 1.54) is 24.1 Å². The predicted molar refractivity (Wildman–Crippen MR) is 80.8 cm³/mol. The number of aryl methyl sites for hydroxylation is 2. The normalized spacial score (nSPS) is 17.8. The van der Waals surface area contributed by atoms with E-state index in [4.69, 9.17) is 0 Å².